The summed E-state index contributed by atoms with van der Waals surface area (Å²) in [6.45, 7) is 0. The summed E-state index contributed by atoms with van der Waals surface area (Å²) < 4.78 is 0. The summed E-state index contributed by atoms with van der Waals surface area (Å²) in [7, 11) is 2.02. The molecule has 1 aromatic carbocycles. The van der Waals surface area contributed by atoms with Crippen molar-refractivity contribution in [3.8, 4) is 0 Å². The van der Waals surface area contributed by atoms with Crippen molar-refractivity contribution in [2.75, 3.05) is 12.8 Å². The second-order valence-corrected chi connectivity index (χ2v) is 3.45. The Hall–Kier alpha value is -1.02. The fourth-order valence-electron chi connectivity index (χ4n) is 1.61. The topological polar surface area (TPSA) is 38.0 Å². The number of nitrogen functional groups attached to an aromatic ring is 1. The molecular formula is C10H14N2. The molecule has 2 heteroatoms. The first-order chi connectivity index (χ1) is 5.77. The van der Waals surface area contributed by atoms with E-state index < -0.39 is 0 Å². The molecule has 0 aliphatic heterocycles. The molecule has 1 aliphatic rings. The molecule has 0 bridgehead atoms. The highest BCUT2D eigenvalue weighted by Crippen LogP contribution is 2.44. The van der Waals surface area contributed by atoms with Gasteiger partial charge in [-0.1, -0.05) is 12.1 Å². The lowest BCUT2D eigenvalue weighted by Gasteiger charge is -2.14. The average Bonchev–Trinajstić information content (AvgIpc) is 2.86. The second kappa shape index (κ2) is 2.49. The fourth-order valence-corrected chi connectivity index (χ4v) is 1.61. The first-order valence-corrected chi connectivity index (χ1v) is 4.32. The fraction of sp³-hybridized carbons (Fsp3) is 0.400. The van der Waals surface area contributed by atoms with E-state index in [2.05, 4.69) is 17.4 Å². The molecule has 0 aromatic heterocycles. The second-order valence-electron chi connectivity index (χ2n) is 3.45. The number of nitrogens with one attached hydrogen (secondary N) is 1. The van der Waals surface area contributed by atoms with Crippen LogP contribution >= 0.6 is 0 Å². The van der Waals surface area contributed by atoms with Crippen LogP contribution in [-0.2, 0) is 5.54 Å². The third kappa shape index (κ3) is 1.08. The minimum atomic E-state index is 0.272. The number of benzene rings is 1. The lowest BCUT2D eigenvalue weighted by Crippen LogP contribution is -2.24. The Kier molecular flexibility index (Phi) is 1.58. The van der Waals surface area contributed by atoms with Crippen LogP contribution < -0.4 is 11.1 Å². The van der Waals surface area contributed by atoms with Gasteiger partial charge in [0.15, 0.2) is 0 Å². The SMILES string of the molecule is CNC1(c2ccc(N)cc2)CC1. The molecule has 64 valence electrons. The molecule has 0 heterocycles. The standard InChI is InChI=1S/C10H14N2/c1-12-10(6-7-10)8-2-4-9(11)5-3-8/h2-5,12H,6-7,11H2,1H3. The summed E-state index contributed by atoms with van der Waals surface area (Å²) >= 11 is 0. The predicted octanol–water partition coefficient (Wildman–Crippen LogP) is 1.48. The molecule has 1 aliphatic carbocycles. The van der Waals surface area contributed by atoms with E-state index in [-0.39, 0.29) is 5.54 Å². The molecule has 0 radical (unpaired) electrons. The molecule has 0 atom stereocenters. The van der Waals surface area contributed by atoms with Gasteiger partial charge in [-0.2, -0.15) is 0 Å². The van der Waals surface area contributed by atoms with Gasteiger partial charge in [-0.3, -0.25) is 0 Å². The number of rotatable bonds is 2. The van der Waals surface area contributed by atoms with Crippen molar-refractivity contribution in [3.63, 3.8) is 0 Å². The molecule has 0 unspecified atom stereocenters. The maximum absolute atomic E-state index is 5.61. The molecule has 1 saturated carbocycles. The van der Waals surface area contributed by atoms with E-state index in [0.29, 0.717) is 0 Å². The zero-order valence-corrected chi connectivity index (χ0v) is 7.30. The molecular weight excluding hydrogens is 148 g/mol. The monoisotopic (exact) mass is 162 g/mol. The van der Waals surface area contributed by atoms with E-state index in [9.17, 15) is 0 Å². The third-order valence-electron chi connectivity index (χ3n) is 2.69. The Bertz CT molecular complexity index is 272. The van der Waals surface area contributed by atoms with Crippen molar-refractivity contribution in [2.24, 2.45) is 0 Å². The maximum Gasteiger partial charge on any atom is 0.0433 e. The predicted molar refractivity (Wildman–Crippen MR) is 50.8 cm³/mol. The number of nitrogens with two attached hydrogens (primary N) is 1. The highest BCUT2D eigenvalue weighted by molar-refractivity contribution is 5.42. The third-order valence-corrected chi connectivity index (χ3v) is 2.69. The van der Waals surface area contributed by atoms with E-state index in [4.69, 9.17) is 5.73 Å². The van der Waals surface area contributed by atoms with Crippen molar-refractivity contribution >= 4 is 5.69 Å². The molecule has 2 nitrogen and oxygen atoms in total. The summed E-state index contributed by atoms with van der Waals surface area (Å²) in [5.41, 5.74) is 8.08. The Labute approximate surface area is 72.8 Å². The minimum absolute atomic E-state index is 0.272. The van der Waals surface area contributed by atoms with E-state index >= 15 is 0 Å². The van der Waals surface area contributed by atoms with Gasteiger partial charge in [-0.15, -0.1) is 0 Å². The van der Waals surface area contributed by atoms with Gasteiger partial charge in [-0.05, 0) is 37.6 Å². The van der Waals surface area contributed by atoms with Gasteiger partial charge in [0, 0.05) is 11.2 Å². The van der Waals surface area contributed by atoms with Crippen LogP contribution in [0.25, 0.3) is 0 Å². The van der Waals surface area contributed by atoms with E-state index in [0.717, 1.165) is 5.69 Å². The molecule has 0 spiro atoms. The number of hydrogen-bond donors (Lipinski definition) is 2. The number of hydrogen-bond acceptors (Lipinski definition) is 2. The van der Waals surface area contributed by atoms with Crippen molar-refractivity contribution in [3.05, 3.63) is 29.8 Å². The zero-order chi connectivity index (χ0) is 8.60. The summed E-state index contributed by atoms with van der Waals surface area (Å²) in [6.07, 6.45) is 2.49. The molecule has 0 amide bonds. The van der Waals surface area contributed by atoms with Crippen LogP contribution in [0.3, 0.4) is 0 Å². The van der Waals surface area contributed by atoms with Crippen LogP contribution in [0.4, 0.5) is 5.69 Å². The quantitative estimate of drug-likeness (QED) is 0.646. The van der Waals surface area contributed by atoms with Gasteiger partial charge in [-0.25, -0.2) is 0 Å². The average molecular weight is 162 g/mol. The van der Waals surface area contributed by atoms with E-state index in [1.807, 2.05) is 19.2 Å². The minimum Gasteiger partial charge on any atom is -0.399 e. The first kappa shape index (κ1) is 7.62. The van der Waals surface area contributed by atoms with Crippen molar-refractivity contribution in [1.82, 2.24) is 5.32 Å². The Morgan fingerprint density at radius 1 is 1.25 bits per heavy atom. The molecule has 1 fully saturated rings. The van der Waals surface area contributed by atoms with Crippen LogP contribution in [0, 0.1) is 0 Å². The van der Waals surface area contributed by atoms with Crippen LogP contribution in [0.15, 0.2) is 24.3 Å². The van der Waals surface area contributed by atoms with Crippen LogP contribution in [-0.4, -0.2) is 7.05 Å². The van der Waals surface area contributed by atoms with Crippen LogP contribution in [0.1, 0.15) is 18.4 Å². The van der Waals surface area contributed by atoms with Crippen molar-refractivity contribution in [1.29, 1.82) is 0 Å². The highest BCUT2D eigenvalue weighted by Gasteiger charge is 2.42. The summed E-state index contributed by atoms with van der Waals surface area (Å²) in [4.78, 5) is 0. The Morgan fingerprint density at radius 2 is 1.83 bits per heavy atom. The summed E-state index contributed by atoms with van der Waals surface area (Å²) in [5, 5.41) is 3.35. The molecule has 1 aromatic rings. The maximum atomic E-state index is 5.61. The number of anilines is 1. The van der Waals surface area contributed by atoms with Crippen LogP contribution in [0.5, 0.6) is 0 Å². The van der Waals surface area contributed by atoms with E-state index in [1.165, 1.54) is 18.4 Å². The molecule has 3 N–H and O–H groups in total. The Balaban J connectivity index is 2.29. The summed E-state index contributed by atoms with van der Waals surface area (Å²) in [6, 6.07) is 8.15. The Morgan fingerprint density at radius 3 is 2.25 bits per heavy atom. The van der Waals surface area contributed by atoms with Gasteiger partial charge in [0.25, 0.3) is 0 Å². The highest BCUT2D eigenvalue weighted by atomic mass is 15.0. The molecule has 0 saturated heterocycles. The largest absolute Gasteiger partial charge is 0.399 e. The normalized spacial score (nSPS) is 19.1. The van der Waals surface area contributed by atoms with Gasteiger partial charge in [0.1, 0.15) is 0 Å². The van der Waals surface area contributed by atoms with Crippen molar-refractivity contribution in [2.45, 2.75) is 18.4 Å². The van der Waals surface area contributed by atoms with Gasteiger partial charge >= 0.3 is 0 Å². The van der Waals surface area contributed by atoms with Gasteiger partial charge in [0.05, 0.1) is 0 Å². The zero-order valence-electron chi connectivity index (χ0n) is 7.30. The first-order valence-electron chi connectivity index (χ1n) is 4.32. The smallest absolute Gasteiger partial charge is 0.0433 e. The molecule has 2 rings (SSSR count). The summed E-state index contributed by atoms with van der Waals surface area (Å²) in [5.74, 6) is 0. The van der Waals surface area contributed by atoms with Gasteiger partial charge < -0.3 is 11.1 Å². The van der Waals surface area contributed by atoms with Crippen LogP contribution in [0.2, 0.25) is 0 Å². The van der Waals surface area contributed by atoms with Crippen molar-refractivity contribution < 1.29 is 0 Å². The van der Waals surface area contributed by atoms with Gasteiger partial charge in [0.2, 0.25) is 0 Å². The van der Waals surface area contributed by atoms with E-state index in [1.54, 1.807) is 0 Å². The lowest BCUT2D eigenvalue weighted by molar-refractivity contribution is 0.586. The lowest BCUT2D eigenvalue weighted by atomic mass is 10.1. The molecule has 12 heavy (non-hydrogen) atoms.